The van der Waals surface area contributed by atoms with Gasteiger partial charge in [-0.1, -0.05) is 11.6 Å². The van der Waals surface area contributed by atoms with Crippen LogP contribution in [0.5, 0.6) is 0 Å². The maximum absolute atomic E-state index is 12.7. The zero-order valence-corrected chi connectivity index (χ0v) is 19.0. The number of carbonyl (C=O) groups excluding carboxylic acids is 4. The molecule has 3 heterocycles. The van der Waals surface area contributed by atoms with Gasteiger partial charge in [0.15, 0.2) is 5.01 Å². The molecule has 0 bridgehead atoms. The van der Waals surface area contributed by atoms with Crippen molar-refractivity contribution in [2.24, 2.45) is 0 Å². The molecule has 1 aliphatic rings. The Labute approximate surface area is 192 Å². The molecule has 0 saturated heterocycles. The van der Waals surface area contributed by atoms with Crippen LogP contribution in [0.25, 0.3) is 0 Å². The van der Waals surface area contributed by atoms with E-state index in [0.717, 1.165) is 23.5 Å². The average Bonchev–Trinajstić information content (AvgIpc) is 3.20. The zero-order chi connectivity index (χ0) is 23.3. The van der Waals surface area contributed by atoms with E-state index >= 15 is 0 Å². The number of likely N-dealkylation sites (N-methyl/N-ethyl adjacent to an activating group) is 2. The summed E-state index contributed by atoms with van der Waals surface area (Å²) < 4.78 is 0. The molecule has 4 N–H and O–H groups in total. The number of nitrogens with one attached hydrogen (secondary N) is 4. The van der Waals surface area contributed by atoms with Crippen molar-refractivity contribution in [3.63, 3.8) is 0 Å². The minimum atomic E-state index is -1.10. The van der Waals surface area contributed by atoms with Gasteiger partial charge in [-0.2, -0.15) is 0 Å². The molecule has 0 saturated carbocycles. The Morgan fingerprint density at radius 1 is 1.25 bits per heavy atom. The van der Waals surface area contributed by atoms with Gasteiger partial charge in [-0.15, -0.1) is 11.3 Å². The van der Waals surface area contributed by atoms with Gasteiger partial charge in [0.2, 0.25) is 5.91 Å². The molecule has 1 aliphatic heterocycles. The molecule has 3 rings (SSSR count). The number of anilines is 1. The second kappa shape index (κ2) is 10.5. The largest absolute Gasteiger partial charge is 0.357 e. The van der Waals surface area contributed by atoms with Crippen LogP contribution in [0, 0.1) is 0 Å². The van der Waals surface area contributed by atoms with E-state index in [1.807, 2.05) is 7.05 Å². The fourth-order valence-electron chi connectivity index (χ4n) is 2.92. The standard InChI is InChI=1S/C19H22ClN7O4S/c1-21-15(28)12(8-23-16(29)17(30)26-14-4-3-10(20)7-22-14)24-18(31)19-25-11-5-6-27(2)9-13(11)32-19/h3-4,7,12H,5-6,8-9H2,1-2H3,(H,21,28)(H,23,29)(H,24,31)(H,22,26,30). The van der Waals surface area contributed by atoms with Gasteiger partial charge in [0.1, 0.15) is 11.9 Å². The van der Waals surface area contributed by atoms with Gasteiger partial charge in [-0.3, -0.25) is 19.2 Å². The Bertz CT molecular complexity index is 1030. The smallest absolute Gasteiger partial charge is 0.314 e. The summed E-state index contributed by atoms with van der Waals surface area (Å²) in [7, 11) is 3.39. The summed E-state index contributed by atoms with van der Waals surface area (Å²) >= 11 is 7.00. The van der Waals surface area contributed by atoms with Gasteiger partial charge in [0, 0.05) is 44.2 Å². The molecular formula is C19H22ClN7O4S. The van der Waals surface area contributed by atoms with Gasteiger partial charge in [-0.25, -0.2) is 9.97 Å². The molecule has 0 radical (unpaired) electrons. The molecule has 0 aliphatic carbocycles. The number of nitrogens with zero attached hydrogens (tertiary/aromatic N) is 3. The van der Waals surface area contributed by atoms with Crippen LogP contribution in [-0.2, 0) is 27.3 Å². The summed E-state index contributed by atoms with van der Waals surface area (Å²) in [5.74, 6) is -2.87. The molecule has 170 valence electrons. The molecule has 0 spiro atoms. The van der Waals surface area contributed by atoms with E-state index in [2.05, 4.69) is 36.1 Å². The van der Waals surface area contributed by atoms with Gasteiger partial charge < -0.3 is 26.2 Å². The van der Waals surface area contributed by atoms with Gasteiger partial charge >= 0.3 is 11.8 Å². The second-order valence-corrected chi connectivity index (χ2v) is 8.56. The SMILES string of the molecule is CNC(=O)C(CNC(=O)C(=O)Nc1ccc(Cl)cn1)NC(=O)c1nc2c(s1)CN(C)CC2. The summed E-state index contributed by atoms with van der Waals surface area (Å²) in [4.78, 5) is 60.4. The summed E-state index contributed by atoms with van der Waals surface area (Å²) in [6.45, 7) is 1.28. The topological polar surface area (TPSA) is 145 Å². The van der Waals surface area contributed by atoms with Gasteiger partial charge in [0.25, 0.3) is 5.91 Å². The minimum Gasteiger partial charge on any atom is -0.357 e. The molecule has 13 heteroatoms. The second-order valence-electron chi connectivity index (χ2n) is 7.04. The third-order valence-corrected chi connectivity index (χ3v) is 5.93. The normalized spacial score (nSPS) is 14.1. The lowest BCUT2D eigenvalue weighted by molar-refractivity contribution is -0.136. The monoisotopic (exact) mass is 479 g/mol. The predicted octanol–water partition coefficient (Wildman–Crippen LogP) is -0.221. The lowest BCUT2D eigenvalue weighted by Gasteiger charge is -2.20. The van der Waals surface area contributed by atoms with Crippen LogP contribution in [0.1, 0.15) is 20.4 Å². The van der Waals surface area contributed by atoms with Crippen molar-refractivity contribution in [2.45, 2.75) is 19.0 Å². The molecule has 1 unspecified atom stereocenters. The van der Waals surface area contributed by atoms with Crippen molar-refractivity contribution >= 4 is 52.4 Å². The first-order valence-corrected chi connectivity index (χ1v) is 10.9. The summed E-state index contributed by atoms with van der Waals surface area (Å²) in [6.07, 6.45) is 2.07. The molecule has 0 fully saturated rings. The fourth-order valence-corrected chi connectivity index (χ4v) is 4.12. The van der Waals surface area contributed by atoms with Crippen molar-refractivity contribution in [2.75, 3.05) is 32.5 Å². The molecule has 1 atom stereocenters. The van der Waals surface area contributed by atoms with E-state index in [9.17, 15) is 19.2 Å². The van der Waals surface area contributed by atoms with E-state index in [1.54, 1.807) is 0 Å². The predicted molar refractivity (Wildman–Crippen MR) is 118 cm³/mol. The van der Waals surface area contributed by atoms with Crippen LogP contribution in [0.4, 0.5) is 5.82 Å². The fraction of sp³-hybridized carbons (Fsp3) is 0.368. The van der Waals surface area contributed by atoms with Gasteiger partial charge in [0.05, 0.1) is 10.7 Å². The summed E-state index contributed by atoms with van der Waals surface area (Å²) in [5, 5.41) is 10.3. The highest BCUT2D eigenvalue weighted by Gasteiger charge is 2.26. The van der Waals surface area contributed by atoms with Crippen LogP contribution in [-0.4, -0.2) is 71.7 Å². The number of carbonyl (C=O) groups is 4. The van der Waals surface area contributed by atoms with Crippen LogP contribution in [0.15, 0.2) is 18.3 Å². The van der Waals surface area contributed by atoms with Crippen LogP contribution < -0.4 is 21.3 Å². The first kappa shape index (κ1) is 23.6. The van der Waals surface area contributed by atoms with E-state index in [0.29, 0.717) is 11.6 Å². The third kappa shape index (κ3) is 5.99. The Morgan fingerprint density at radius 2 is 2.03 bits per heavy atom. The summed E-state index contributed by atoms with van der Waals surface area (Å²) in [6, 6.07) is 1.85. The third-order valence-electron chi connectivity index (χ3n) is 4.63. The lowest BCUT2D eigenvalue weighted by atomic mass is 10.2. The van der Waals surface area contributed by atoms with E-state index in [1.165, 1.54) is 36.7 Å². The highest BCUT2D eigenvalue weighted by atomic mass is 35.5. The van der Waals surface area contributed by atoms with E-state index in [-0.39, 0.29) is 17.4 Å². The van der Waals surface area contributed by atoms with Gasteiger partial charge in [-0.05, 0) is 19.2 Å². The number of hydrogen-bond donors (Lipinski definition) is 4. The van der Waals surface area contributed by atoms with Crippen molar-refractivity contribution in [3.8, 4) is 0 Å². The molecule has 4 amide bonds. The number of amides is 4. The Balaban J connectivity index is 1.58. The number of fused-ring (bicyclic) bond motifs is 1. The number of pyridine rings is 1. The molecule has 2 aromatic heterocycles. The highest BCUT2D eigenvalue weighted by Crippen LogP contribution is 2.24. The van der Waals surface area contributed by atoms with Crippen molar-refractivity contribution < 1.29 is 19.2 Å². The highest BCUT2D eigenvalue weighted by molar-refractivity contribution is 7.13. The van der Waals surface area contributed by atoms with Crippen LogP contribution >= 0.6 is 22.9 Å². The van der Waals surface area contributed by atoms with E-state index < -0.39 is 29.7 Å². The quantitative estimate of drug-likeness (QED) is 0.419. The molecular weight excluding hydrogens is 458 g/mol. The summed E-state index contributed by atoms with van der Waals surface area (Å²) in [5.41, 5.74) is 0.885. The molecule has 32 heavy (non-hydrogen) atoms. The van der Waals surface area contributed by atoms with Crippen molar-refractivity contribution in [3.05, 3.63) is 38.9 Å². The average molecular weight is 480 g/mol. The number of thiazole rings is 1. The Kier molecular flexibility index (Phi) is 7.72. The number of rotatable bonds is 6. The van der Waals surface area contributed by atoms with Crippen molar-refractivity contribution in [1.82, 2.24) is 30.8 Å². The number of aromatic nitrogens is 2. The first-order valence-electron chi connectivity index (χ1n) is 9.67. The van der Waals surface area contributed by atoms with E-state index in [4.69, 9.17) is 11.6 Å². The van der Waals surface area contributed by atoms with Crippen molar-refractivity contribution in [1.29, 1.82) is 0 Å². The van der Waals surface area contributed by atoms with Crippen LogP contribution in [0.2, 0.25) is 5.02 Å². The maximum atomic E-state index is 12.7. The number of halogens is 1. The first-order chi connectivity index (χ1) is 15.3. The maximum Gasteiger partial charge on any atom is 0.314 e. The number of hydrogen-bond acceptors (Lipinski definition) is 8. The minimum absolute atomic E-state index is 0.143. The lowest BCUT2D eigenvalue weighted by Crippen LogP contribution is -2.53. The van der Waals surface area contributed by atoms with Crippen LogP contribution in [0.3, 0.4) is 0 Å². The zero-order valence-electron chi connectivity index (χ0n) is 17.4. The Morgan fingerprint density at radius 3 is 2.72 bits per heavy atom. The molecule has 0 aromatic carbocycles. The molecule has 2 aromatic rings. The Hall–Kier alpha value is -3.09. The molecule has 11 nitrogen and oxygen atoms in total.